The fourth-order valence-corrected chi connectivity index (χ4v) is 3.65. The van der Waals surface area contributed by atoms with Crippen LogP contribution in [0.4, 0.5) is 13.2 Å². The molecule has 3 aromatic rings. The largest absolute Gasteiger partial charge is 0.416 e. The van der Waals surface area contributed by atoms with E-state index in [9.17, 15) is 13.2 Å². The second kappa shape index (κ2) is 6.10. The van der Waals surface area contributed by atoms with E-state index in [2.05, 4.69) is 9.59 Å². The van der Waals surface area contributed by atoms with E-state index in [4.69, 9.17) is 0 Å². The van der Waals surface area contributed by atoms with Gasteiger partial charge in [0.1, 0.15) is 9.90 Å². The second-order valence-corrected chi connectivity index (χ2v) is 6.50. The minimum atomic E-state index is -4.34. The summed E-state index contributed by atoms with van der Waals surface area (Å²) in [6.45, 7) is 0. The van der Waals surface area contributed by atoms with E-state index in [0.29, 0.717) is 10.6 Å². The maximum Gasteiger partial charge on any atom is 0.416 e. The van der Waals surface area contributed by atoms with Crippen LogP contribution in [0.5, 0.6) is 0 Å². The minimum Gasteiger partial charge on any atom is -0.166 e. The van der Waals surface area contributed by atoms with Crippen LogP contribution in [0.3, 0.4) is 0 Å². The van der Waals surface area contributed by atoms with Gasteiger partial charge in [-0.2, -0.15) is 13.2 Å². The first-order valence-corrected chi connectivity index (χ1v) is 7.86. The molecular formula is C15H9F3N2S2. The highest BCUT2D eigenvalue weighted by Gasteiger charge is 2.30. The van der Waals surface area contributed by atoms with Crippen LogP contribution in [0.2, 0.25) is 0 Å². The summed E-state index contributed by atoms with van der Waals surface area (Å²) >= 11 is 2.41. The predicted molar refractivity (Wildman–Crippen MR) is 80.9 cm³/mol. The smallest absolute Gasteiger partial charge is 0.166 e. The van der Waals surface area contributed by atoms with E-state index in [0.717, 1.165) is 21.9 Å². The number of benzene rings is 2. The van der Waals surface area contributed by atoms with E-state index < -0.39 is 11.7 Å². The lowest BCUT2D eigenvalue weighted by atomic mass is 10.2. The molecule has 0 unspecified atom stereocenters. The molecule has 0 bridgehead atoms. The van der Waals surface area contributed by atoms with E-state index >= 15 is 0 Å². The van der Waals surface area contributed by atoms with Gasteiger partial charge in [-0.1, -0.05) is 52.6 Å². The highest BCUT2D eigenvalue weighted by molar-refractivity contribution is 8.01. The molecule has 22 heavy (non-hydrogen) atoms. The van der Waals surface area contributed by atoms with Gasteiger partial charge in [0.15, 0.2) is 0 Å². The van der Waals surface area contributed by atoms with Gasteiger partial charge in [-0.25, -0.2) is 0 Å². The second-order valence-electron chi connectivity index (χ2n) is 4.40. The predicted octanol–water partition coefficient (Wildman–Crippen LogP) is 5.38. The number of rotatable bonds is 3. The van der Waals surface area contributed by atoms with E-state index in [1.165, 1.54) is 29.4 Å². The molecule has 0 amide bonds. The SMILES string of the molecule is FC(F)(F)c1cccc(Sc2snnc2-c2ccccc2)c1. The maximum atomic E-state index is 12.8. The van der Waals surface area contributed by atoms with Crippen LogP contribution in [0.1, 0.15) is 5.56 Å². The molecule has 3 rings (SSSR count). The van der Waals surface area contributed by atoms with Crippen LogP contribution in [0, 0.1) is 0 Å². The van der Waals surface area contributed by atoms with E-state index in [-0.39, 0.29) is 0 Å². The number of nitrogens with zero attached hydrogens (tertiary/aromatic N) is 2. The molecule has 2 aromatic carbocycles. The lowest BCUT2D eigenvalue weighted by molar-refractivity contribution is -0.137. The normalized spacial score (nSPS) is 11.6. The van der Waals surface area contributed by atoms with Gasteiger partial charge in [0, 0.05) is 10.5 Å². The van der Waals surface area contributed by atoms with Crippen molar-refractivity contribution in [3.05, 3.63) is 60.2 Å². The Bertz CT molecular complexity index is 770. The number of alkyl halides is 3. The van der Waals surface area contributed by atoms with Crippen LogP contribution >= 0.6 is 23.3 Å². The quantitative estimate of drug-likeness (QED) is 0.641. The third-order valence-corrected chi connectivity index (χ3v) is 4.74. The van der Waals surface area contributed by atoms with Crippen LogP contribution in [0.15, 0.2) is 63.7 Å². The van der Waals surface area contributed by atoms with Crippen molar-refractivity contribution in [3.63, 3.8) is 0 Å². The Morgan fingerprint density at radius 2 is 1.73 bits per heavy atom. The molecule has 1 aromatic heterocycles. The lowest BCUT2D eigenvalue weighted by Crippen LogP contribution is -2.04. The Balaban J connectivity index is 1.91. The van der Waals surface area contributed by atoms with Gasteiger partial charge >= 0.3 is 6.18 Å². The molecule has 7 heteroatoms. The summed E-state index contributed by atoms with van der Waals surface area (Å²) in [7, 11) is 0. The number of halogens is 3. The van der Waals surface area contributed by atoms with Crippen molar-refractivity contribution >= 4 is 23.3 Å². The molecule has 0 spiro atoms. The van der Waals surface area contributed by atoms with Gasteiger partial charge < -0.3 is 0 Å². The Morgan fingerprint density at radius 3 is 2.45 bits per heavy atom. The summed E-state index contributed by atoms with van der Waals surface area (Å²) in [5, 5.41) is 4.08. The van der Waals surface area contributed by atoms with Gasteiger partial charge in [0.25, 0.3) is 0 Å². The van der Waals surface area contributed by atoms with Crippen molar-refractivity contribution in [1.29, 1.82) is 0 Å². The average molecular weight is 338 g/mol. The van der Waals surface area contributed by atoms with Crippen LogP contribution in [-0.4, -0.2) is 9.59 Å². The lowest BCUT2D eigenvalue weighted by Gasteiger charge is -2.08. The van der Waals surface area contributed by atoms with Crippen molar-refractivity contribution in [2.24, 2.45) is 0 Å². The first kappa shape index (κ1) is 15.1. The Labute approximate surface area is 133 Å². The molecule has 0 aliphatic carbocycles. The maximum absolute atomic E-state index is 12.8. The summed E-state index contributed by atoms with van der Waals surface area (Å²) in [4.78, 5) is 0.512. The van der Waals surface area contributed by atoms with Gasteiger partial charge in [-0.15, -0.1) is 5.10 Å². The number of aromatic nitrogens is 2. The number of hydrogen-bond acceptors (Lipinski definition) is 4. The first-order valence-electron chi connectivity index (χ1n) is 6.27. The van der Waals surface area contributed by atoms with Crippen molar-refractivity contribution in [2.75, 3.05) is 0 Å². The molecule has 0 radical (unpaired) electrons. The molecule has 0 aliphatic rings. The zero-order valence-electron chi connectivity index (χ0n) is 11.0. The summed E-state index contributed by atoms with van der Waals surface area (Å²) in [6, 6.07) is 14.7. The highest BCUT2D eigenvalue weighted by atomic mass is 32.2. The van der Waals surface area contributed by atoms with Crippen LogP contribution in [0.25, 0.3) is 11.3 Å². The average Bonchev–Trinajstić information content (AvgIpc) is 2.96. The third-order valence-electron chi connectivity index (χ3n) is 2.88. The zero-order valence-corrected chi connectivity index (χ0v) is 12.7. The molecule has 0 saturated heterocycles. The molecule has 1 heterocycles. The summed E-state index contributed by atoms with van der Waals surface area (Å²) < 4.78 is 43.0. The fraction of sp³-hybridized carbons (Fsp3) is 0.0667. The number of hydrogen-bond donors (Lipinski definition) is 0. The van der Waals surface area contributed by atoms with Crippen molar-refractivity contribution in [2.45, 2.75) is 15.3 Å². The monoisotopic (exact) mass is 338 g/mol. The fourth-order valence-electron chi connectivity index (χ4n) is 1.86. The summed E-state index contributed by atoms with van der Waals surface area (Å²) in [6.07, 6.45) is -4.34. The molecule has 0 aliphatic heterocycles. The summed E-state index contributed by atoms with van der Waals surface area (Å²) in [5.41, 5.74) is 0.926. The molecule has 0 saturated carbocycles. The Kier molecular flexibility index (Phi) is 4.17. The molecule has 0 N–H and O–H groups in total. The van der Waals surface area contributed by atoms with Crippen molar-refractivity contribution in [1.82, 2.24) is 9.59 Å². The highest BCUT2D eigenvalue weighted by Crippen LogP contribution is 2.39. The van der Waals surface area contributed by atoms with Crippen LogP contribution in [-0.2, 0) is 6.18 Å². The van der Waals surface area contributed by atoms with E-state index in [1.807, 2.05) is 30.3 Å². The third kappa shape index (κ3) is 3.31. The van der Waals surface area contributed by atoms with Crippen molar-refractivity contribution < 1.29 is 13.2 Å². The standard InChI is InChI=1S/C15H9F3N2S2/c16-15(17,18)11-7-4-8-12(9-11)21-14-13(19-20-22-14)10-5-2-1-3-6-10/h1-9H. The van der Waals surface area contributed by atoms with Crippen molar-refractivity contribution in [3.8, 4) is 11.3 Å². The zero-order chi connectivity index (χ0) is 15.6. The molecule has 0 fully saturated rings. The minimum absolute atomic E-state index is 0.512. The van der Waals surface area contributed by atoms with Gasteiger partial charge in [0.05, 0.1) is 5.56 Å². The molecule has 2 nitrogen and oxygen atoms in total. The molecule has 112 valence electrons. The van der Waals surface area contributed by atoms with Gasteiger partial charge in [-0.05, 0) is 29.7 Å². The van der Waals surface area contributed by atoms with E-state index in [1.54, 1.807) is 6.07 Å². The Morgan fingerprint density at radius 1 is 0.955 bits per heavy atom. The first-order chi connectivity index (χ1) is 10.5. The molecule has 0 atom stereocenters. The van der Waals surface area contributed by atoms with Crippen LogP contribution < -0.4 is 0 Å². The topological polar surface area (TPSA) is 25.8 Å². The molecular weight excluding hydrogens is 329 g/mol. The summed E-state index contributed by atoms with van der Waals surface area (Å²) in [5.74, 6) is 0. The van der Waals surface area contributed by atoms with Gasteiger partial charge in [-0.3, -0.25) is 0 Å². The van der Waals surface area contributed by atoms with Gasteiger partial charge in [0.2, 0.25) is 0 Å². The Hall–Kier alpha value is -1.86.